The minimum absolute atomic E-state index is 0.139. The second kappa shape index (κ2) is 8.05. The van der Waals surface area contributed by atoms with Gasteiger partial charge in [-0.25, -0.2) is 0 Å². The lowest BCUT2D eigenvalue weighted by atomic mass is 9.96. The molecule has 3 heteroatoms. The van der Waals surface area contributed by atoms with Gasteiger partial charge in [0.25, 0.3) is 0 Å². The monoisotopic (exact) mass is 274 g/mol. The van der Waals surface area contributed by atoms with Gasteiger partial charge in [0.05, 0.1) is 0 Å². The Morgan fingerprint density at radius 2 is 2.15 bits per heavy atom. The first-order chi connectivity index (χ1) is 9.78. The van der Waals surface area contributed by atoms with Crippen molar-refractivity contribution in [2.75, 3.05) is 18.4 Å². The predicted molar refractivity (Wildman–Crippen MR) is 83.9 cm³/mol. The van der Waals surface area contributed by atoms with Crippen molar-refractivity contribution in [2.24, 2.45) is 5.92 Å². The molecule has 1 aliphatic heterocycles. The summed E-state index contributed by atoms with van der Waals surface area (Å²) >= 11 is 0. The first-order valence-corrected chi connectivity index (χ1v) is 7.87. The molecule has 2 N–H and O–H groups in total. The molecule has 0 radical (unpaired) electrons. The fourth-order valence-corrected chi connectivity index (χ4v) is 2.71. The average Bonchev–Trinajstić information content (AvgIpc) is 2.47. The molecule has 0 bridgehead atoms. The summed E-state index contributed by atoms with van der Waals surface area (Å²) in [6.45, 7) is 4.27. The van der Waals surface area contributed by atoms with Crippen LogP contribution >= 0.6 is 0 Å². The third kappa shape index (κ3) is 4.97. The number of hydrogen-bond acceptors (Lipinski definition) is 2. The van der Waals surface area contributed by atoms with Crippen LogP contribution in [0.5, 0.6) is 0 Å². The molecule has 1 saturated heterocycles. The highest BCUT2D eigenvalue weighted by Gasteiger charge is 2.16. The van der Waals surface area contributed by atoms with Crippen molar-refractivity contribution in [2.45, 2.75) is 45.4 Å². The molecule has 20 heavy (non-hydrogen) atoms. The van der Waals surface area contributed by atoms with E-state index in [0.717, 1.165) is 31.6 Å². The van der Waals surface area contributed by atoms with Crippen LogP contribution in [0.1, 0.15) is 44.6 Å². The van der Waals surface area contributed by atoms with Gasteiger partial charge in [0, 0.05) is 12.1 Å². The molecule has 1 amide bonds. The summed E-state index contributed by atoms with van der Waals surface area (Å²) in [5.74, 6) is 0.632. The van der Waals surface area contributed by atoms with E-state index < -0.39 is 0 Å². The molecule has 2 rings (SSSR count). The summed E-state index contributed by atoms with van der Waals surface area (Å²) < 4.78 is 0. The average molecular weight is 274 g/mol. The van der Waals surface area contributed by atoms with Gasteiger partial charge in [-0.15, -0.1) is 0 Å². The lowest BCUT2D eigenvalue weighted by Crippen LogP contribution is -2.32. The van der Waals surface area contributed by atoms with Gasteiger partial charge in [-0.2, -0.15) is 0 Å². The molecular weight excluding hydrogens is 248 g/mol. The van der Waals surface area contributed by atoms with E-state index in [0.29, 0.717) is 12.3 Å². The first-order valence-electron chi connectivity index (χ1n) is 7.87. The van der Waals surface area contributed by atoms with Gasteiger partial charge in [-0.3, -0.25) is 4.79 Å². The molecule has 0 aromatic heterocycles. The molecule has 1 atom stereocenters. The predicted octanol–water partition coefficient (Wildman–Crippen LogP) is 3.36. The molecule has 1 fully saturated rings. The fourth-order valence-electron chi connectivity index (χ4n) is 2.71. The Bertz CT molecular complexity index is 408. The molecule has 0 saturated carbocycles. The van der Waals surface area contributed by atoms with Crippen molar-refractivity contribution in [3.8, 4) is 0 Å². The van der Waals surface area contributed by atoms with Crippen molar-refractivity contribution in [1.29, 1.82) is 0 Å². The molecule has 110 valence electrons. The Morgan fingerprint density at radius 1 is 1.35 bits per heavy atom. The van der Waals surface area contributed by atoms with E-state index in [-0.39, 0.29) is 5.91 Å². The number of anilines is 1. The number of hydrogen-bond donors (Lipinski definition) is 2. The largest absolute Gasteiger partial charge is 0.326 e. The summed E-state index contributed by atoms with van der Waals surface area (Å²) in [6, 6.07) is 8.27. The standard InChI is InChI=1S/C17H26N2O/c1-2-3-5-14-7-9-16(10-8-14)19-17(20)12-15-6-4-11-18-13-15/h7-10,15,18H,2-6,11-13H2,1H3,(H,19,20). The minimum Gasteiger partial charge on any atom is -0.326 e. The molecule has 1 aromatic rings. The molecule has 1 heterocycles. The number of aryl methyl sites for hydroxylation is 1. The summed E-state index contributed by atoms with van der Waals surface area (Å²) in [6.07, 6.45) is 6.54. The second-order valence-electron chi connectivity index (χ2n) is 5.77. The number of piperidine rings is 1. The maximum absolute atomic E-state index is 12.0. The van der Waals surface area contributed by atoms with Gasteiger partial charge in [0.2, 0.25) is 5.91 Å². The molecule has 0 spiro atoms. The zero-order valence-electron chi connectivity index (χ0n) is 12.5. The highest BCUT2D eigenvalue weighted by Crippen LogP contribution is 2.16. The van der Waals surface area contributed by atoms with E-state index in [2.05, 4.69) is 29.7 Å². The Morgan fingerprint density at radius 3 is 2.80 bits per heavy atom. The zero-order valence-corrected chi connectivity index (χ0v) is 12.5. The van der Waals surface area contributed by atoms with E-state index in [1.807, 2.05) is 12.1 Å². The van der Waals surface area contributed by atoms with Crippen LogP contribution < -0.4 is 10.6 Å². The van der Waals surface area contributed by atoms with Gasteiger partial charge in [0.15, 0.2) is 0 Å². The highest BCUT2D eigenvalue weighted by atomic mass is 16.1. The molecular formula is C17H26N2O. The Hall–Kier alpha value is -1.35. The number of benzene rings is 1. The van der Waals surface area contributed by atoms with Crippen molar-refractivity contribution in [1.82, 2.24) is 5.32 Å². The quantitative estimate of drug-likeness (QED) is 0.835. The zero-order chi connectivity index (χ0) is 14.2. The molecule has 1 aromatic carbocycles. The normalized spacial score (nSPS) is 18.8. The van der Waals surface area contributed by atoms with Gasteiger partial charge < -0.3 is 10.6 Å². The van der Waals surface area contributed by atoms with Crippen LogP contribution in [0.4, 0.5) is 5.69 Å². The Balaban J connectivity index is 1.78. The van der Waals surface area contributed by atoms with Crippen LogP contribution in [0, 0.1) is 5.92 Å². The van der Waals surface area contributed by atoms with Crippen LogP contribution in [0.2, 0.25) is 0 Å². The number of carbonyl (C=O) groups excluding carboxylic acids is 1. The highest BCUT2D eigenvalue weighted by molar-refractivity contribution is 5.90. The lowest BCUT2D eigenvalue weighted by molar-refractivity contribution is -0.117. The number of carbonyl (C=O) groups is 1. The number of rotatable bonds is 6. The van der Waals surface area contributed by atoms with Gasteiger partial charge in [0.1, 0.15) is 0 Å². The maximum atomic E-state index is 12.0. The fraction of sp³-hybridized carbons (Fsp3) is 0.588. The second-order valence-corrected chi connectivity index (χ2v) is 5.77. The van der Waals surface area contributed by atoms with Gasteiger partial charge in [-0.1, -0.05) is 25.5 Å². The lowest BCUT2D eigenvalue weighted by Gasteiger charge is -2.22. The first kappa shape index (κ1) is 15.0. The summed E-state index contributed by atoms with van der Waals surface area (Å²) in [4.78, 5) is 12.0. The van der Waals surface area contributed by atoms with Crippen molar-refractivity contribution in [3.05, 3.63) is 29.8 Å². The van der Waals surface area contributed by atoms with E-state index in [1.54, 1.807) is 0 Å². The van der Waals surface area contributed by atoms with Gasteiger partial charge in [-0.05, 0) is 62.4 Å². The third-order valence-corrected chi connectivity index (χ3v) is 3.93. The molecule has 3 nitrogen and oxygen atoms in total. The van der Waals surface area contributed by atoms with E-state index >= 15 is 0 Å². The summed E-state index contributed by atoms with van der Waals surface area (Å²) in [5, 5.41) is 6.36. The van der Waals surface area contributed by atoms with E-state index in [9.17, 15) is 4.79 Å². The van der Waals surface area contributed by atoms with Gasteiger partial charge >= 0.3 is 0 Å². The SMILES string of the molecule is CCCCc1ccc(NC(=O)CC2CCCNC2)cc1. The van der Waals surface area contributed by atoms with Crippen LogP contribution in [0.3, 0.4) is 0 Å². The van der Waals surface area contributed by atoms with Crippen LogP contribution in [0.15, 0.2) is 24.3 Å². The minimum atomic E-state index is 0.139. The number of nitrogens with one attached hydrogen (secondary N) is 2. The number of amides is 1. The van der Waals surface area contributed by atoms with Crippen LogP contribution in [-0.4, -0.2) is 19.0 Å². The van der Waals surface area contributed by atoms with Crippen LogP contribution in [0.25, 0.3) is 0 Å². The van der Waals surface area contributed by atoms with Crippen molar-refractivity contribution < 1.29 is 4.79 Å². The topological polar surface area (TPSA) is 41.1 Å². The van der Waals surface area contributed by atoms with Crippen molar-refractivity contribution in [3.63, 3.8) is 0 Å². The van der Waals surface area contributed by atoms with Crippen LogP contribution in [-0.2, 0) is 11.2 Å². The van der Waals surface area contributed by atoms with E-state index in [1.165, 1.54) is 24.8 Å². The number of unbranched alkanes of at least 4 members (excludes halogenated alkanes) is 1. The van der Waals surface area contributed by atoms with Crippen molar-refractivity contribution >= 4 is 11.6 Å². The summed E-state index contributed by atoms with van der Waals surface area (Å²) in [7, 11) is 0. The van der Waals surface area contributed by atoms with E-state index in [4.69, 9.17) is 0 Å². The maximum Gasteiger partial charge on any atom is 0.224 e. The Labute approximate surface area is 122 Å². The molecule has 1 unspecified atom stereocenters. The Kier molecular flexibility index (Phi) is 6.06. The molecule has 1 aliphatic rings. The third-order valence-electron chi connectivity index (χ3n) is 3.93. The molecule has 0 aliphatic carbocycles. The smallest absolute Gasteiger partial charge is 0.224 e. The summed E-state index contributed by atoms with van der Waals surface area (Å²) in [5.41, 5.74) is 2.26.